The molecule has 0 saturated carbocycles. The highest BCUT2D eigenvalue weighted by atomic mass is 127. The summed E-state index contributed by atoms with van der Waals surface area (Å²) >= 11 is 0. The molecule has 0 aliphatic carbocycles. The topological polar surface area (TPSA) is 40.1 Å². The predicted molar refractivity (Wildman–Crippen MR) is 114 cm³/mol. The van der Waals surface area contributed by atoms with E-state index in [0.29, 0.717) is 5.41 Å². The minimum absolute atomic E-state index is 0. The Morgan fingerprint density at radius 2 is 2.04 bits per heavy atom. The highest BCUT2D eigenvalue weighted by Gasteiger charge is 2.42. The highest BCUT2D eigenvalue weighted by Crippen LogP contribution is 2.38. The van der Waals surface area contributed by atoms with Gasteiger partial charge in [0.2, 0.25) is 0 Å². The third-order valence-corrected chi connectivity index (χ3v) is 5.18. The second-order valence-electron chi connectivity index (χ2n) is 7.38. The van der Waals surface area contributed by atoms with Crippen LogP contribution in [-0.4, -0.2) is 63.2 Å². The summed E-state index contributed by atoms with van der Waals surface area (Å²) < 4.78 is 5.63. The minimum Gasteiger partial charge on any atom is -0.381 e. The molecular formula is C19H31IN4O. The van der Waals surface area contributed by atoms with Gasteiger partial charge in [0, 0.05) is 45.2 Å². The molecule has 1 unspecified atom stereocenters. The number of halogens is 1. The van der Waals surface area contributed by atoms with Gasteiger partial charge in [0.1, 0.15) is 0 Å². The number of nitrogens with one attached hydrogen (secondary N) is 1. The van der Waals surface area contributed by atoms with Crippen molar-refractivity contribution in [1.82, 2.24) is 15.1 Å². The average Bonchev–Trinajstić information content (AvgIpc) is 3.20. The molecule has 3 rings (SSSR count). The van der Waals surface area contributed by atoms with Crippen molar-refractivity contribution in [3.05, 3.63) is 35.4 Å². The quantitative estimate of drug-likeness (QED) is 0.428. The lowest BCUT2D eigenvalue weighted by Gasteiger charge is -2.25. The van der Waals surface area contributed by atoms with Crippen LogP contribution in [0.1, 0.15) is 24.0 Å². The molecule has 140 valence electrons. The van der Waals surface area contributed by atoms with Gasteiger partial charge in [-0.2, -0.15) is 0 Å². The van der Waals surface area contributed by atoms with Crippen molar-refractivity contribution in [1.29, 1.82) is 0 Å². The number of benzene rings is 1. The van der Waals surface area contributed by atoms with Crippen molar-refractivity contribution in [2.24, 2.45) is 10.4 Å². The molecule has 2 aliphatic heterocycles. The van der Waals surface area contributed by atoms with Gasteiger partial charge >= 0.3 is 0 Å². The number of hydrogen-bond donors (Lipinski definition) is 1. The number of aliphatic imine (C=N–C) groups is 1. The molecule has 5 nitrogen and oxygen atoms in total. The second kappa shape index (κ2) is 9.19. The molecule has 1 N–H and O–H groups in total. The zero-order valence-corrected chi connectivity index (χ0v) is 18.0. The molecule has 1 spiro atoms. The van der Waals surface area contributed by atoms with E-state index in [1.54, 1.807) is 0 Å². The van der Waals surface area contributed by atoms with Gasteiger partial charge in [0.15, 0.2) is 5.96 Å². The van der Waals surface area contributed by atoms with Crippen molar-refractivity contribution in [2.75, 3.05) is 47.4 Å². The smallest absolute Gasteiger partial charge is 0.193 e. The number of ether oxygens (including phenoxy) is 1. The Kier molecular flexibility index (Phi) is 7.51. The largest absolute Gasteiger partial charge is 0.381 e. The molecule has 2 aliphatic rings. The summed E-state index contributed by atoms with van der Waals surface area (Å²) in [6.07, 6.45) is 2.40. The molecule has 0 radical (unpaired) electrons. The van der Waals surface area contributed by atoms with Crippen molar-refractivity contribution in [3.63, 3.8) is 0 Å². The minimum atomic E-state index is 0. The van der Waals surface area contributed by atoms with E-state index in [-0.39, 0.29) is 24.0 Å². The van der Waals surface area contributed by atoms with E-state index in [1.807, 2.05) is 7.05 Å². The number of hydrogen-bond acceptors (Lipinski definition) is 3. The maximum absolute atomic E-state index is 5.63. The fourth-order valence-corrected chi connectivity index (χ4v) is 3.82. The SMILES string of the molecule is CN=C(NCc1ccccc1CN(C)C)N1CCC2(CCOC2)C1.I. The Morgan fingerprint density at radius 1 is 1.28 bits per heavy atom. The molecular weight excluding hydrogens is 427 g/mol. The second-order valence-corrected chi connectivity index (χ2v) is 7.38. The third-order valence-electron chi connectivity index (χ3n) is 5.18. The van der Waals surface area contributed by atoms with Crippen LogP contribution in [0.5, 0.6) is 0 Å². The Bertz CT molecular complexity index is 585. The van der Waals surface area contributed by atoms with Crippen LogP contribution in [0.3, 0.4) is 0 Å². The number of rotatable bonds is 4. The Balaban J connectivity index is 0.00000225. The first kappa shape index (κ1) is 20.5. The summed E-state index contributed by atoms with van der Waals surface area (Å²) in [5.41, 5.74) is 3.07. The van der Waals surface area contributed by atoms with Gasteiger partial charge in [-0.3, -0.25) is 4.99 Å². The van der Waals surface area contributed by atoms with Crippen molar-refractivity contribution < 1.29 is 4.74 Å². The van der Waals surface area contributed by atoms with Crippen molar-refractivity contribution in [2.45, 2.75) is 25.9 Å². The molecule has 6 heteroatoms. The average molecular weight is 458 g/mol. The normalized spacial score (nSPS) is 23.4. The first-order chi connectivity index (χ1) is 11.6. The lowest BCUT2D eigenvalue weighted by atomic mass is 9.87. The van der Waals surface area contributed by atoms with E-state index >= 15 is 0 Å². The van der Waals surface area contributed by atoms with Gasteiger partial charge in [-0.1, -0.05) is 24.3 Å². The van der Waals surface area contributed by atoms with Crippen LogP contribution in [0.15, 0.2) is 29.3 Å². The number of guanidine groups is 1. The van der Waals surface area contributed by atoms with Gasteiger partial charge in [-0.05, 0) is 38.1 Å². The summed E-state index contributed by atoms with van der Waals surface area (Å²) in [5.74, 6) is 1.01. The lowest BCUT2D eigenvalue weighted by molar-refractivity contribution is 0.156. The van der Waals surface area contributed by atoms with Gasteiger partial charge in [0.25, 0.3) is 0 Å². The van der Waals surface area contributed by atoms with Crippen molar-refractivity contribution in [3.8, 4) is 0 Å². The van der Waals surface area contributed by atoms with Gasteiger partial charge in [0.05, 0.1) is 6.61 Å². The third kappa shape index (κ3) is 5.08. The van der Waals surface area contributed by atoms with Crippen LogP contribution in [0.2, 0.25) is 0 Å². The van der Waals surface area contributed by atoms with Gasteiger partial charge in [-0.25, -0.2) is 0 Å². The predicted octanol–water partition coefficient (Wildman–Crippen LogP) is 2.55. The fraction of sp³-hybridized carbons (Fsp3) is 0.632. The van der Waals surface area contributed by atoms with E-state index in [1.165, 1.54) is 24.0 Å². The molecule has 0 bridgehead atoms. The Labute approximate surface area is 168 Å². The summed E-state index contributed by atoms with van der Waals surface area (Å²) in [7, 11) is 6.09. The number of nitrogens with zero attached hydrogens (tertiary/aromatic N) is 3. The molecule has 1 atom stereocenters. The summed E-state index contributed by atoms with van der Waals surface area (Å²) in [4.78, 5) is 9.11. The van der Waals surface area contributed by atoms with E-state index in [9.17, 15) is 0 Å². The fourth-order valence-electron chi connectivity index (χ4n) is 3.82. The number of likely N-dealkylation sites (tertiary alicyclic amines) is 1. The van der Waals surface area contributed by atoms with Crippen LogP contribution < -0.4 is 5.32 Å². The van der Waals surface area contributed by atoms with Crippen LogP contribution in [-0.2, 0) is 17.8 Å². The summed E-state index contributed by atoms with van der Waals surface area (Å²) in [6, 6.07) is 8.64. The standard InChI is InChI=1S/C19H30N4O.HI/c1-20-18(23-10-8-19(14-23)9-11-24-15-19)21-12-16-6-4-5-7-17(16)13-22(2)3;/h4-7H,8-15H2,1-3H3,(H,20,21);1H. The van der Waals surface area contributed by atoms with E-state index < -0.39 is 0 Å². The van der Waals surface area contributed by atoms with Crippen LogP contribution >= 0.6 is 24.0 Å². The molecule has 25 heavy (non-hydrogen) atoms. The molecule has 2 saturated heterocycles. The first-order valence-electron chi connectivity index (χ1n) is 8.87. The van der Waals surface area contributed by atoms with Gasteiger partial charge < -0.3 is 19.9 Å². The molecule has 0 amide bonds. The van der Waals surface area contributed by atoms with Crippen LogP contribution in [0, 0.1) is 5.41 Å². The van der Waals surface area contributed by atoms with Crippen LogP contribution in [0.25, 0.3) is 0 Å². The van der Waals surface area contributed by atoms with Gasteiger partial charge in [-0.15, -0.1) is 24.0 Å². The molecule has 0 aromatic heterocycles. The maximum Gasteiger partial charge on any atom is 0.193 e. The maximum atomic E-state index is 5.63. The molecule has 2 heterocycles. The summed E-state index contributed by atoms with van der Waals surface area (Å²) in [5, 5.41) is 3.56. The molecule has 2 fully saturated rings. The molecule has 1 aromatic rings. The van der Waals surface area contributed by atoms with Crippen LogP contribution in [0.4, 0.5) is 0 Å². The monoisotopic (exact) mass is 458 g/mol. The zero-order chi connectivity index (χ0) is 17.0. The Morgan fingerprint density at radius 3 is 2.68 bits per heavy atom. The van der Waals surface area contributed by atoms with E-state index in [2.05, 4.69) is 58.5 Å². The van der Waals surface area contributed by atoms with E-state index in [0.717, 1.165) is 45.4 Å². The lowest BCUT2D eigenvalue weighted by Crippen LogP contribution is -2.41. The van der Waals surface area contributed by atoms with Crippen molar-refractivity contribution >= 4 is 29.9 Å². The molecule has 1 aromatic carbocycles. The zero-order valence-electron chi connectivity index (χ0n) is 15.6. The van der Waals surface area contributed by atoms with E-state index in [4.69, 9.17) is 4.74 Å². The first-order valence-corrected chi connectivity index (χ1v) is 8.87. The summed E-state index contributed by atoms with van der Waals surface area (Å²) in [6.45, 7) is 5.73. The Hall–Kier alpha value is -0.860. The highest BCUT2D eigenvalue weighted by molar-refractivity contribution is 14.0.